The second-order valence-electron chi connectivity index (χ2n) is 4.47. The van der Waals surface area contributed by atoms with E-state index in [4.69, 9.17) is 9.84 Å². The Balaban J connectivity index is 3.09. The van der Waals surface area contributed by atoms with E-state index in [0.717, 1.165) is 11.1 Å². The number of carboxylic acid groups (broad SMARTS) is 1. The molecular formula is C13H18O3. The van der Waals surface area contributed by atoms with Crippen LogP contribution in [0.25, 0.3) is 0 Å². The van der Waals surface area contributed by atoms with Gasteiger partial charge in [-0.3, -0.25) is 0 Å². The van der Waals surface area contributed by atoms with Crippen LogP contribution < -0.4 is 4.74 Å². The molecule has 0 spiro atoms. The molecule has 0 heterocycles. The zero-order valence-electron chi connectivity index (χ0n) is 10.2. The van der Waals surface area contributed by atoms with Crippen LogP contribution in [0.5, 0.6) is 5.75 Å². The molecule has 0 aliphatic rings. The van der Waals surface area contributed by atoms with Crippen molar-refractivity contribution in [1.29, 1.82) is 0 Å². The molecule has 1 N–H and O–H groups in total. The standard InChI is InChI=1S/C13H18O3/c1-8(2)7-16-12-10(4)5-9(3)6-11(12)13(14)15/h5-6,8H,7H2,1-4H3,(H,14,15). The minimum atomic E-state index is -0.939. The van der Waals surface area contributed by atoms with Crippen LogP contribution >= 0.6 is 0 Å². The lowest BCUT2D eigenvalue weighted by Crippen LogP contribution is -2.10. The molecule has 0 saturated carbocycles. The van der Waals surface area contributed by atoms with Crippen molar-refractivity contribution in [1.82, 2.24) is 0 Å². The van der Waals surface area contributed by atoms with Crippen LogP contribution in [0.3, 0.4) is 0 Å². The second-order valence-corrected chi connectivity index (χ2v) is 4.47. The maximum Gasteiger partial charge on any atom is 0.339 e. The SMILES string of the molecule is Cc1cc(C)c(OCC(C)C)c(C(=O)O)c1. The Morgan fingerprint density at radius 3 is 2.50 bits per heavy atom. The second kappa shape index (κ2) is 5.01. The number of benzene rings is 1. The fraction of sp³-hybridized carbons (Fsp3) is 0.462. The van der Waals surface area contributed by atoms with E-state index in [9.17, 15) is 4.79 Å². The zero-order chi connectivity index (χ0) is 12.3. The van der Waals surface area contributed by atoms with Gasteiger partial charge in [0, 0.05) is 0 Å². The fourth-order valence-electron chi connectivity index (χ4n) is 1.55. The maximum atomic E-state index is 11.1. The molecule has 16 heavy (non-hydrogen) atoms. The normalized spacial score (nSPS) is 10.6. The first-order valence-corrected chi connectivity index (χ1v) is 5.39. The number of carboxylic acids is 1. The Kier molecular flexibility index (Phi) is 3.93. The Labute approximate surface area is 96.1 Å². The molecule has 3 heteroatoms. The third-order valence-electron chi connectivity index (χ3n) is 2.21. The van der Waals surface area contributed by atoms with Gasteiger partial charge in [-0.25, -0.2) is 4.79 Å². The number of hydrogen-bond donors (Lipinski definition) is 1. The minimum Gasteiger partial charge on any atom is -0.492 e. The van der Waals surface area contributed by atoms with Crippen molar-refractivity contribution >= 4 is 5.97 Å². The van der Waals surface area contributed by atoms with E-state index in [1.807, 2.05) is 33.8 Å². The number of aryl methyl sites for hydroxylation is 2. The topological polar surface area (TPSA) is 46.5 Å². The molecule has 88 valence electrons. The molecule has 0 fully saturated rings. The highest BCUT2D eigenvalue weighted by molar-refractivity contribution is 5.91. The number of ether oxygens (including phenoxy) is 1. The summed E-state index contributed by atoms with van der Waals surface area (Å²) in [5, 5.41) is 9.10. The average molecular weight is 222 g/mol. The van der Waals surface area contributed by atoms with Crippen molar-refractivity contribution in [3.8, 4) is 5.75 Å². The summed E-state index contributed by atoms with van der Waals surface area (Å²) in [5.74, 6) is -0.0697. The van der Waals surface area contributed by atoms with E-state index >= 15 is 0 Å². The van der Waals surface area contributed by atoms with Crippen molar-refractivity contribution in [3.05, 3.63) is 28.8 Å². The van der Waals surface area contributed by atoms with Gasteiger partial charge in [-0.15, -0.1) is 0 Å². The van der Waals surface area contributed by atoms with E-state index in [-0.39, 0.29) is 5.56 Å². The van der Waals surface area contributed by atoms with Crippen LogP contribution in [-0.2, 0) is 0 Å². The molecule has 0 saturated heterocycles. The molecule has 0 aromatic heterocycles. The van der Waals surface area contributed by atoms with Crippen LogP contribution in [0.15, 0.2) is 12.1 Å². The zero-order valence-corrected chi connectivity index (χ0v) is 10.2. The van der Waals surface area contributed by atoms with E-state index in [0.29, 0.717) is 18.3 Å². The summed E-state index contributed by atoms with van der Waals surface area (Å²) in [6.45, 7) is 8.35. The Morgan fingerprint density at radius 1 is 1.38 bits per heavy atom. The summed E-state index contributed by atoms with van der Waals surface area (Å²) >= 11 is 0. The van der Waals surface area contributed by atoms with Crippen molar-refractivity contribution in [2.24, 2.45) is 5.92 Å². The summed E-state index contributed by atoms with van der Waals surface area (Å²) in [4.78, 5) is 11.1. The minimum absolute atomic E-state index is 0.248. The smallest absolute Gasteiger partial charge is 0.339 e. The molecule has 0 unspecified atom stereocenters. The van der Waals surface area contributed by atoms with Crippen LogP contribution in [-0.4, -0.2) is 17.7 Å². The third kappa shape index (κ3) is 2.99. The molecule has 0 aliphatic heterocycles. The average Bonchev–Trinajstić information content (AvgIpc) is 2.14. The van der Waals surface area contributed by atoms with E-state index in [1.54, 1.807) is 6.07 Å². The monoisotopic (exact) mass is 222 g/mol. The van der Waals surface area contributed by atoms with Gasteiger partial charge in [0.1, 0.15) is 11.3 Å². The Bertz CT molecular complexity index is 394. The van der Waals surface area contributed by atoms with Crippen molar-refractivity contribution in [3.63, 3.8) is 0 Å². The fourth-order valence-corrected chi connectivity index (χ4v) is 1.55. The number of rotatable bonds is 4. The van der Waals surface area contributed by atoms with Gasteiger partial charge in [-0.1, -0.05) is 19.9 Å². The lowest BCUT2D eigenvalue weighted by molar-refractivity contribution is 0.0691. The first kappa shape index (κ1) is 12.6. The van der Waals surface area contributed by atoms with Crippen LogP contribution in [0, 0.1) is 19.8 Å². The Hall–Kier alpha value is -1.51. The molecule has 1 aromatic rings. The number of hydrogen-bond acceptors (Lipinski definition) is 2. The van der Waals surface area contributed by atoms with Gasteiger partial charge < -0.3 is 9.84 Å². The molecular weight excluding hydrogens is 204 g/mol. The highest BCUT2D eigenvalue weighted by Gasteiger charge is 2.14. The first-order chi connectivity index (χ1) is 7.41. The summed E-state index contributed by atoms with van der Waals surface area (Å²) in [5.41, 5.74) is 2.06. The largest absolute Gasteiger partial charge is 0.492 e. The van der Waals surface area contributed by atoms with Gasteiger partial charge in [0.15, 0.2) is 0 Å². The van der Waals surface area contributed by atoms with Crippen molar-refractivity contribution in [2.45, 2.75) is 27.7 Å². The van der Waals surface area contributed by atoms with Gasteiger partial charge >= 0.3 is 5.97 Å². The highest BCUT2D eigenvalue weighted by atomic mass is 16.5. The van der Waals surface area contributed by atoms with Gasteiger partial charge in [0.25, 0.3) is 0 Å². The van der Waals surface area contributed by atoms with Gasteiger partial charge in [-0.2, -0.15) is 0 Å². The summed E-state index contributed by atoms with van der Waals surface area (Å²) in [6, 6.07) is 3.58. The third-order valence-corrected chi connectivity index (χ3v) is 2.21. The number of carbonyl (C=O) groups is 1. The molecule has 1 aromatic carbocycles. The Morgan fingerprint density at radius 2 is 2.00 bits per heavy atom. The highest BCUT2D eigenvalue weighted by Crippen LogP contribution is 2.25. The lowest BCUT2D eigenvalue weighted by Gasteiger charge is -2.14. The predicted molar refractivity (Wildman–Crippen MR) is 63.2 cm³/mol. The van der Waals surface area contributed by atoms with Crippen molar-refractivity contribution in [2.75, 3.05) is 6.61 Å². The predicted octanol–water partition coefficient (Wildman–Crippen LogP) is 3.04. The summed E-state index contributed by atoms with van der Waals surface area (Å²) in [6.07, 6.45) is 0. The maximum absolute atomic E-state index is 11.1. The molecule has 0 radical (unpaired) electrons. The van der Waals surface area contributed by atoms with Crippen LogP contribution in [0.4, 0.5) is 0 Å². The molecule has 0 aliphatic carbocycles. The summed E-state index contributed by atoms with van der Waals surface area (Å²) in [7, 11) is 0. The van der Waals surface area contributed by atoms with E-state index in [2.05, 4.69) is 0 Å². The molecule has 0 bridgehead atoms. The van der Waals surface area contributed by atoms with E-state index in [1.165, 1.54) is 0 Å². The summed E-state index contributed by atoms with van der Waals surface area (Å²) < 4.78 is 5.56. The molecule has 1 rings (SSSR count). The lowest BCUT2D eigenvalue weighted by atomic mass is 10.1. The number of aromatic carboxylic acids is 1. The molecule has 0 amide bonds. The van der Waals surface area contributed by atoms with Crippen molar-refractivity contribution < 1.29 is 14.6 Å². The van der Waals surface area contributed by atoms with Crippen LogP contribution in [0.2, 0.25) is 0 Å². The quantitative estimate of drug-likeness (QED) is 0.851. The molecule has 0 atom stereocenters. The van der Waals surface area contributed by atoms with Crippen LogP contribution in [0.1, 0.15) is 35.3 Å². The first-order valence-electron chi connectivity index (χ1n) is 5.39. The van der Waals surface area contributed by atoms with Gasteiger partial charge in [-0.05, 0) is 37.0 Å². The molecule has 3 nitrogen and oxygen atoms in total. The van der Waals surface area contributed by atoms with Gasteiger partial charge in [0.2, 0.25) is 0 Å². The van der Waals surface area contributed by atoms with E-state index < -0.39 is 5.97 Å². The van der Waals surface area contributed by atoms with Gasteiger partial charge in [0.05, 0.1) is 6.61 Å².